The van der Waals surface area contributed by atoms with E-state index in [9.17, 15) is 0 Å². The predicted molar refractivity (Wildman–Crippen MR) is 113 cm³/mol. The van der Waals surface area contributed by atoms with Gasteiger partial charge in [0.2, 0.25) is 0 Å². The number of rotatable bonds is 8. The molecule has 0 amide bonds. The van der Waals surface area contributed by atoms with Gasteiger partial charge in [-0.3, -0.25) is 0 Å². The standard InChI is InChI=1S/C22H28FN2O2P/c1-3-16(2)21(24)20(23)19-14-15-25-22(19)28(26-17-10-6-4-7-11-17)27-18-12-8-5-9-13-18/h4-13,16,21-22,25H,3,14-15,24H2,1-2H3. The smallest absolute Gasteiger partial charge is 0.313 e. The molecule has 2 aromatic carbocycles. The van der Waals surface area contributed by atoms with Gasteiger partial charge in [0.05, 0.1) is 6.04 Å². The van der Waals surface area contributed by atoms with E-state index in [1.165, 1.54) is 0 Å². The van der Waals surface area contributed by atoms with Gasteiger partial charge < -0.3 is 20.1 Å². The molecule has 0 spiro atoms. The van der Waals surface area contributed by atoms with Gasteiger partial charge >= 0.3 is 8.38 Å². The molecule has 0 bridgehead atoms. The van der Waals surface area contributed by atoms with Crippen molar-refractivity contribution in [2.24, 2.45) is 11.7 Å². The zero-order valence-electron chi connectivity index (χ0n) is 16.3. The molecule has 1 aliphatic heterocycles. The summed E-state index contributed by atoms with van der Waals surface area (Å²) in [5.74, 6) is 0.897. The molecule has 0 saturated carbocycles. The lowest BCUT2D eigenvalue weighted by Crippen LogP contribution is -2.32. The molecule has 3 atom stereocenters. The van der Waals surface area contributed by atoms with Gasteiger partial charge in [0.25, 0.3) is 0 Å². The van der Waals surface area contributed by atoms with E-state index in [-0.39, 0.29) is 17.5 Å². The lowest BCUT2D eigenvalue weighted by molar-refractivity contribution is 0.408. The van der Waals surface area contributed by atoms with Gasteiger partial charge in [-0.05, 0) is 42.2 Å². The molecule has 2 aromatic rings. The summed E-state index contributed by atoms with van der Waals surface area (Å²) in [5.41, 5.74) is 6.86. The number of halogens is 1. The lowest BCUT2D eigenvalue weighted by Gasteiger charge is -2.26. The fourth-order valence-corrected chi connectivity index (χ4v) is 4.76. The largest absolute Gasteiger partial charge is 0.437 e. The van der Waals surface area contributed by atoms with Gasteiger partial charge in [-0.15, -0.1) is 0 Å². The van der Waals surface area contributed by atoms with Crippen LogP contribution in [0.4, 0.5) is 4.39 Å². The van der Waals surface area contributed by atoms with Crippen LogP contribution in [0.3, 0.4) is 0 Å². The van der Waals surface area contributed by atoms with Crippen LogP contribution < -0.4 is 20.1 Å². The van der Waals surface area contributed by atoms with Gasteiger partial charge in [0, 0.05) is 6.54 Å². The first-order valence-electron chi connectivity index (χ1n) is 9.72. The van der Waals surface area contributed by atoms with E-state index in [0.29, 0.717) is 30.0 Å². The summed E-state index contributed by atoms with van der Waals surface area (Å²) in [7, 11) is -1.50. The molecule has 3 unspecified atom stereocenters. The zero-order chi connectivity index (χ0) is 19.9. The van der Waals surface area contributed by atoms with Crippen LogP contribution in [0.15, 0.2) is 72.1 Å². The third-order valence-corrected chi connectivity index (χ3v) is 6.70. The maximum atomic E-state index is 15.2. The average Bonchev–Trinajstić information content (AvgIpc) is 3.23. The SMILES string of the molecule is CCC(C)C(N)C(F)=C1CCNC1P(Oc1ccccc1)Oc1ccccc1. The molecule has 4 nitrogen and oxygen atoms in total. The Morgan fingerprint density at radius 1 is 1.11 bits per heavy atom. The van der Waals surface area contributed by atoms with E-state index in [0.717, 1.165) is 6.42 Å². The van der Waals surface area contributed by atoms with Crippen LogP contribution >= 0.6 is 8.38 Å². The van der Waals surface area contributed by atoms with Gasteiger partial charge in [-0.25, -0.2) is 4.39 Å². The third kappa shape index (κ3) is 5.11. The minimum absolute atomic E-state index is 0.0741. The summed E-state index contributed by atoms with van der Waals surface area (Å²) in [6, 6.07) is 18.4. The Morgan fingerprint density at radius 2 is 1.64 bits per heavy atom. The van der Waals surface area contributed by atoms with Crippen molar-refractivity contribution < 1.29 is 13.4 Å². The van der Waals surface area contributed by atoms with E-state index in [2.05, 4.69) is 5.32 Å². The molecule has 0 radical (unpaired) electrons. The summed E-state index contributed by atoms with van der Waals surface area (Å²) in [5, 5.41) is 3.37. The Balaban J connectivity index is 1.89. The first kappa shape index (κ1) is 20.8. The van der Waals surface area contributed by atoms with Gasteiger partial charge in [-0.1, -0.05) is 56.7 Å². The maximum absolute atomic E-state index is 15.2. The number of hydrogen-bond donors (Lipinski definition) is 2. The van der Waals surface area contributed by atoms with Gasteiger partial charge in [0.15, 0.2) is 0 Å². The molecule has 1 heterocycles. The molecule has 0 aliphatic carbocycles. The molecule has 3 rings (SSSR count). The topological polar surface area (TPSA) is 56.5 Å². The Hall–Kier alpha value is -1.94. The van der Waals surface area contributed by atoms with Crippen molar-refractivity contribution in [2.45, 2.75) is 38.5 Å². The van der Waals surface area contributed by atoms with Gasteiger partial charge in [0.1, 0.15) is 23.1 Å². The Labute approximate surface area is 167 Å². The Bertz CT molecular complexity index is 731. The molecular formula is C22H28FN2O2P. The monoisotopic (exact) mass is 402 g/mol. The fourth-order valence-electron chi connectivity index (χ4n) is 3.07. The molecule has 6 heteroatoms. The number of nitrogens with one attached hydrogen (secondary N) is 1. The molecule has 28 heavy (non-hydrogen) atoms. The molecular weight excluding hydrogens is 374 g/mol. The van der Waals surface area contributed by atoms with Gasteiger partial charge in [-0.2, -0.15) is 0 Å². The van der Waals surface area contributed by atoms with Crippen LogP contribution in [0, 0.1) is 5.92 Å². The Morgan fingerprint density at radius 3 is 2.14 bits per heavy atom. The molecule has 1 fully saturated rings. The highest BCUT2D eigenvalue weighted by Gasteiger charge is 2.38. The van der Waals surface area contributed by atoms with Crippen LogP contribution in [0.1, 0.15) is 26.7 Å². The molecule has 3 N–H and O–H groups in total. The highest BCUT2D eigenvalue weighted by Crippen LogP contribution is 2.49. The Kier molecular flexibility index (Phi) is 7.43. The van der Waals surface area contributed by atoms with E-state index < -0.39 is 14.4 Å². The van der Waals surface area contributed by atoms with E-state index in [1.54, 1.807) is 0 Å². The second-order valence-electron chi connectivity index (χ2n) is 6.99. The first-order valence-corrected chi connectivity index (χ1v) is 11.0. The average molecular weight is 402 g/mol. The van der Waals surface area contributed by atoms with Crippen molar-refractivity contribution in [1.82, 2.24) is 5.32 Å². The fraction of sp³-hybridized carbons (Fsp3) is 0.364. The highest BCUT2D eigenvalue weighted by molar-refractivity contribution is 7.49. The van der Waals surface area contributed by atoms with Crippen LogP contribution in [-0.4, -0.2) is 18.4 Å². The maximum Gasteiger partial charge on any atom is 0.313 e. The summed E-state index contributed by atoms with van der Waals surface area (Å²) in [4.78, 5) is 0. The quantitative estimate of drug-likeness (QED) is 0.583. The minimum Gasteiger partial charge on any atom is -0.437 e. The van der Waals surface area contributed by atoms with Crippen LogP contribution in [-0.2, 0) is 0 Å². The highest BCUT2D eigenvalue weighted by atomic mass is 31.2. The zero-order valence-corrected chi connectivity index (χ0v) is 17.2. The van der Waals surface area contributed by atoms with E-state index >= 15 is 4.39 Å². The number of hydrogen-bond acceptors (Lipinski definition) is 4. The predicted octanol–water partition coefficient (Wildman–Crippen LogP) is 5.37. The van der Waals surface area contributed by atoms with E-state index in [1.807, 2.05) is 74.5 Å². The number of para-hydroxylation sites is 2. The number of benzene rings is 2. The van der Waals surface area contributed by atoms with Crippen molar-refractivity contribution in [2.75, 3.05) is 6.54 Å². The molecule has 0 aromatic heterocycles. The van der Waals surface area contributed by atoms with Crippen molar-refractivity contribution in [3.05, 3.63) is 72.1 Å². The minimum atomic E-state index is -1.50. The lowest BCUT2D eigenvalue weighted by atomic mass is 9.96. The first-order chi connectivity index (χ1) is 13.6. The van der Waals surface area contributed by atoms with Crippen molar-refractivity contribution in [1.29, 1.82) is 0 Å². The van der Waals surface area contributed by atoms with Crippen LogP contribution in [0.25, 0.3) is 0 Å². The van der Waals surface area contributed by atoms with Crippen molar-refractivity contribution in [3.8, 4) is 11.5 Å². The second kappa shape index (κ2) is 10.0. The molecule has 150 valence electrons. The normalized spacial score (nSPS) is 20.7. The van der Waals surface area contributed by atoms with Crippen molar-refractivity contribution in [3.63, 3.8) is 0 Å². The summed E-state index contributed by atoms with van der Waals surface area (Å²) in [6.45, 7) is 4.68. The third-order valence-electron chi connectivity index (χ3n) is 5.01. The molecule has 1 saturated heterocycles. The summed E-state index contributed by atoms with van der Waals surface area (Å²) < 4.78 is 27.6. The molecule has 1 aliphatic rings. The van der Waals surface area contributed by atoms with E-state index in [4.69, 9.17) is 14.8 Å². The van der Waals surface area contributed by atoms with Crippen LogP contribution in [0.5, 0.6) is 11.5 Å². The van der Waals surface area contributed by atoms with Crippen molar-refractivity contribution >= 4 is 8.38 Å². The number of nitrogens with two attached hydrogens (primary N) is 1. The summed E-state index contributed by atoms with van der Waals surface area (Å²) >= 11 is 0. The second-order valence-corrected chi connectivity index (χ2v) is 8.44. The summed E-state index contributed by atoms with van der Waals surface area (Å²) in [6.07, 6.45) is 1.44. The van der Waals surface area contributed by atoms with Crippen LogP contribution in [0.2, 0.25) is 0 Å².